The highest BCUT2D eigenvalue weighted by Gasteiger charge is 2.16. The molecule has 1 aromatic heterocycles. The van der Waals surface area contributed by atoms with Gasteiger partial charge >= 0.3 is 0 Å². The van der Waals surface area contributed by atoms with Crippen molar-refractivity contribution in [2.45, 2.75) is 32.2 Å². The van der Waals surface area contributed by atoms with E-state index in [1.165, 1.54) is 12.0 Å². The molecule has 88 valence electrons. The summed E-state index contributed by atoms with van der Waals surface area (Å²) in [5.41, 5.74) is 7.86. The molecule has 0 radical (unpaired) electrons. The number of rotatable bonds is 3. The Hall–Kier alpha value is -1.84. The first-order valence-corrected chi connectivity index (χ1v) is 6.08. The molecule has 0 saturated carbocycles. The number of nitrogens with two attached hydrogens (primary N) is 1. The van der Waals surface area contributed by atoms with Crippen molar-refractivity contribution in [1.29, 1.82) is 0 Å². The molecule has 17 heavy (non-hydrogen) atoms. The zero-order valence-corrected chi connectivity index (χ0v) is 9.76. The van der Waals surface area contributed by atoms with Gasteiger partial charge in [0.2, 0.25) is 0 Å². The Balaban J connectivity index is 1.72. The summed E-state index contributed by atoms with van der Waals surface area (Å²) in [4.78, 5) is 0. The first-order valence-electron chi connectivity index (χ1n) is 6.08. The zero-order valence-electron chi connectivity index (χ0n) is 9.76. The largest absolute Gasteiger partial charge is 0.399 e. The van der Waals surface area contributed by atoms with Gasteiger partial charge in [-0.2, -0.15) is 0 Å². The molecule has 0 fully saturated rings. The average molecular weight is 228 g/mol. The molecule has 0 atom stereocenters. The van der Waals surface area contributed by atoms with Crippen molar-refractivity contribution in [3.05, 3.63) is 41.5 Å². The minimum absolute atomic E-state index is 0.828. The van der Waals surface area contributed by atoms with E-state index in [1.54, 1.807) is 0 Å². The molecule has 0 saturated heterocycles. The molecule has 2 N–H and O–H groups in total. The lowest BCUT2D eigenvalue weighted by molar-refractivity contribution is 0.680. The van der Waals surface area contributed by atoms with Crippen LogP contribution in [-0.2, 0) is 25.8 Å². The highest BCUT2D eigenvalue weighted by Crippen LogP contribution is 2.16. The monoisotopic (exact) mass is 228 g/mol. The quantitative estimate of drug-likeness (QED) is 0.812. The Morgan fingerprint density at radius 1 is 1.24 bits per heavy atom. The molecule has 0 spiro atoms. The van der Waals surface area contributed by atoms with Crippen LogP contribution in [0.2, 0.25) is 0 Å². The van der Waals surface area contributed by atoms with Gasteiger partial charge in [-0.05, 0) is 30.5 Å². The van der Waals surface area contributed by atoms with E-state index in [4.69, 9.17) is 5.73 Å². The molecule has 2 aromatic rings. The summed E-state index contributed by atoms with van der Waals surface area (Å²) in [7, 11) is 0. The molecule has 4 heteroatoms. The number of aryl methyl sites for hydroxylation is 3. The maximum atomic E-state index is 5.76. The summed E-state index contributed by atoms with van der Waals surface area (Å²) >= 11 is 0. The maximum absolute atomic E-state index is 5.76. The fraction of sp³-hybridized carbons (Fsp3) is 0.385. The number of hydrogen-bond acceptors (Lipinski definition) is 3. The van der Waals surface area contributed by atoms with Crippen molar-refractivity contribution >= 4 is 5.69 Å². The van der Waals surface area contributed by atoms with Crippen LogP contribution in [0, 0.1) is 0 Å². The molecule has 1 aliphatic heterocycles. The van der Waals surface area contributed by atoms with Crippen LogP contribution < -0.4 is 5.73 Å². The number of aromatic nitrogens is 3. The molecular formula is C13H16N4. The third-order valence-corrected chi connectivity index (χ3v) is 3.27. The highest BCUT2D eigenvalue weighted by molar-refractivity contribution is 5.40. The standard InChI is InChI=1S/C13H16N4/c14-11-4-1-3-10(9-11)6-7-13-16-15-12-5-2-8-17(12)13/h1,3-4,9H,2,5-8,14H2. The number of hydrogen-bond donors (Lipinski definition) is 1. The van der Waals surface area contributed by atoms with Crippen molar-refractivity contribution in [3.63, 3.8) is 0 Å². The molecule has 0 unspecified atom stereocenters. The van der Waals surface area contributed by atoms with Gasteiger partial charge in [0.05, 0.1) is 0 Å². The minimum Gasteiger partial charge on any atom is -0.399 e. The van der Waals surface area contributed by atoms with Crippen LogP contribution in [0.5, 0.6) is 0 Å². The lowest BCUT2D eigenvalue weighted by atomic mass is 10.1. The summed E-state index contributed by atoms with van der Waals surface area (Å²) < 4.78 is 2.26. The van der Waals surface area contributed by atoms with E-state index in [-0.39, 0.29) is 0 Å². The van der Waals surface area contributed by atoms with Crippen molar-refractivity contribution in [2.75, 3.05) is 5.73 Å². The molecule has 3 rings (SSSR count). The van der Waals surface area contributed by atoms with Gasteiger partial charge in [0.1, 0.15) is 11.6 Å². The lowest BCUT2D eigenvalue weighted by Gasteiger charge is -2.04. The molecule has 1 aromatic carbocycles. The summed E-state index contributed by atoms with van der Waals surface area (Å²) in [6, 6.07) is 8.05. The third kappa shape index (κ3) is 2.02. The van der Waals surface area contributed by atoms with Gasteiger partial charge in [-0.3, -0.25) is 0 Å². The minimum atomic E-state index is 0.828. The Kier molecular flexibility index (Phi) is 2.55. The van der Waals surface area contributed by atoms with Crippen LogP contribution in [0.4, 0.5) is 5.69 Å². The SMILES string of the molecule is Nc1cccc(CCc2nnc3n2CCC3)c1. The van der Waals surface area contributed by atoms with E-state index < -0.39 is 0 Å². The van der Waals surface area contributed by atoms with Crippen molar-refractivity contribution < 1.29 is 0 Å². The molecule has 4 nitrogen and oxygen atoms in total. The fourth-order valence-electron chi connectivity index (χ4n) is 2.40. The Morgan fingerprint density at radius 3 is 3.06 bits per heavy atom. The van der Waals surface area contributed by atoms with E-state index in [0.29, 0.717) is 0 Å². The van der Waals surface area contributed by atoms with Crippen LogP contribution >= 0.6 is 0 Å². The van der Waals surface area contributed by atoms with Gasteiger partial charge in [-0.15, -0.1) is 10.2 Å². The van der Waals surface area contributed by atoms with Crippen LogP contribution in [0.25, 0.3) is 0 Å². The molecular weight excluding hydrogens is 212 g/mol. The van der Waals surface area contributed by atoms with Crippen LogP contribution in [0.15, 0.2) is 24.3 Å². The van der Waals surface area contributed by atoms with Crippen LogP contribution in [0.3, 0.4) is 0 Å². The lowest BCUT2D eigenvalue weighted by Crippen LogP contribution is -2.03. The number of fused-ring (bicyclic) bond motifs is 1. The predicted octanol–water partition coefficient (Wildman–Crippen LogP) is 1.59. The topological polar surface area (TPSA) is 56.7 Å². The second-order valence-corrected chi connectivity index (χ2v) is 4.53. The van der Waals surface area contributed by atoms with Crippen molar-refractivity contribution in [2.24, 2.45) is 0 Å². The van der Waals surface area contributed by atoms with E-state index in [9.17, 15) is 0 Å². The fourth-order valence-corrected chi connectivity index (χ4v) is 2.40. The van der Waals surface area contributed by atoms with Crippen molar-refractivity contribution in [3.8, 4) is 0 Å². The Morgan fingerprint density at radius 2 is 2.18 bits per heavy atom. The predicted molar refractivity (Wildman–Crippen MR) is 66.6 cm³/mol. The van der Waals surface area contributed by atoms with Gasteiger partial charge < -0.3 is 10.3 Å². The number of benzene rings is 1. The first-order chi connectivity index (χ1) is 8.33. The third-order valence-electron chi connectivity index (χ3n) is 3.27. The number of anilines is 1. The van der Waals surface area contributed by atoms with Gasteiger partial charge in [0, 0.05) is 25.1 Å². The van der Waals surface area contributed by atoms with E-state index in [0.717, 1.165) is 43.1 Å². The molecule has 0 aliphatic carbocycles. The normalized spacial score (nSPS) is 13.9. The van der Waals surface area contributed by atoms with Gasteiger partial charge in [0.15, 0.2) is 0 Å². The molecule has 2 heterocycles. The van der Waals surface area contributed by atoms with E-state index in [2.05, 4.69) is 20.8 Å². The molecule has 0 amide bonds. The van der Waals surface area contributed by atoms with Crippen molar-refractivity contribution in [1.82, 2.24) is 14.8 Å². The number of nitrogen functional groups attached to an aromatic ring is 1. The average Bonchev–Trinajstić information content (AvgIpc) is 2.89. The summed E-state index contributed by atoms with van der Waals surface area (Å²) in [6.07, 6.45) is 4.20. The highest BCUT2D eigenvalue weighted by atomic mass is 15.3. The summed E-state index contributed by atoms with van der Waals surface area (Å²) in [5.74, 6) is 2.26. The summed E-state index contributed by atoms with van der Waals surface area (Å²) in [5, 5.41) is 8.47. The van der Waals surface area contributed by atoms with Gasteiger partial charge in [-0.25, -0.2) is 0 Å². The first kappa shape index (κ1) is 10.3. The van der Waals surface area contributed by atoms with Crippen LogP contribution in [0.1, 0.15) is 23.6 Å². The van der Waals surface area contributed by atoms with Gasteiger partial charge in [-0.1, -0.05) is 12.1 Å². The van der Waals surface area contributed by atoms with Crippen LogP contribution in [-0.4, -0.2) is 14.8 Å². The maximum Gasteiger partial charge on any atom is 0.133 e. The second kappa shape index (κ2) is 4.20. The molecule has 1 aliphatic rings. The van der Waals surface area contributed by atoms with E-state index in [1.807, 2.05) is 18.2 Å². The Labute approximate surface area is 100 Å². The van der Waals surface area contributed by atoms with Gasteiger partial charge in [0.25, 0.3) is 0 Å². The summed E-state index contributed by atoms with van der Waals surface area (Å²) in [6.45, 7) is 1.08. The zero-order chi connectivity index (χ0) is 11.7. The number of nitrogens with zero attached hydrogens (tertiary/aromatic N) is 3. The smallest absolute Gasteiger partial charge is 0.133 e. The second-order valence-electron chi connectivity index (χ2n) is 4.53. The Bertz CT molecular complexity index is 530. The molecule has 0 bridgehead atoms. The van der Waals surface area contributed by atoms with E-state index >= 15 is 0 Å².